The van der Waals surface area contributed by atoms with Crippen LogP contribution in [0.4, 0.5) is 10.3 Å². The van der Waals surface area contributed by atoms with Crippen molar-refractivity contribution in [3.63, 3.8) is 0 Å². The van der Waals surface area contributed by atoms with Crippen LogP contribution in [0.25, 0.3) is 0 Å². The largest absolute Gasteiger partial charge is 0.462 e. The molecule has 0 radical (unpaired) electrons. The molecule has 1 fully saturated rings. The number of hydrogen-bond donors (Lipinski definition) is 1. The number of carbonyl (C=O) groups is 1. The first-order valence-corrected chi connectivity index (χ1v) is 9.15. The smallest absolute Gasteiger partial charge is 0.341 e. The molecule has 1 aliphatic rings. The molecule has 140 valence electrons. The number of hydrogen-bond acceptors (Lipinski definition) is 5. The van der Waals surface area contributed by atoms with Gasteiger partial charge in [0.25, 0.3) is 0 Å². The Bertz CT molecular complexity index is 749. The Balaban J connectivity index is 0.00000117. The van der Waals surface area contributed by atoms with Crippen molar-refractivity contribution in [2.24, 2.45) is 0 Å². The van der Waals surface area contributed by atoms with Crippen LogP contribution in [0.3, 0.4) is 0 Å². The zero-order valence-electron chi connectivity index (χ0n) is 15.2. The summed E-state index contributed by atoms with van der Waals surface area (Å²) in [7, 11) is 0. The third-order valence-corrected chi connectivity index (χ3v) is 4.48. The maximum atomic E-state index is 14.4. The highest BCUT2D eigenvalue weighted by Crippen LogP contribution is 2.45. The number of carbonyl (C=O) groups excluding carboxylic acids is 1. The number of aromatic nitrogens is 2. The lowest BCUT2D eigenvalue weighted by atomic mass is 9.71. The molecule has 5 nitrogen and oxygen atoms in total. The molecule has 26 heavy (non-hydrogen) atoms. The SMILES string of the molecule is CC.CCOC(=O)c1cnc(NC2(c3cccc(Cl)c3F)CCC2)nc1. The average Bonchev–Trinajstić information content (AvgIpc) is 2.63. The van der Waals surface area contributed by atoms with Crippen LogP contribution in [0, 0.1) is 5.82 Å². The normalized spacial score (nSPS) is 14.5. The van der Waals surface area contributed by atoms with E-state index in [9.17, 15) is 9.18 Å². The number of benzene rings is 1. The van der Waals surface area contributed by atoms with Crippen molar-refractivity contribution in [2.75, 3.05) is 11.9 Å². The predicted molar refractivity (Wildman–Crippen MR) is 99.9 cm³/mol. The molecule has 1 aliphatic carbocycles. The number of esters is 1. The molecule has 7 heteroatoms. The van der Waals surface area contributed by atoms with Gasteiger partial charge in [-0.15, -0.1) is 0 Å². The lowest BCUT2D eigenvalue weighted by Crippen LogP contribution is -2.43. The maximum Gasteiger partial charge on any atom is 0.341 e. The van der Waals surface area contributed by atoms with Gasteiger partial charge in [0.2, 0.25) is 5.95 Å². The number of rotatable bonds is 5. The molecule has 0 atom stereocenters. The molecule has 3 rings (SSSR count). The van der Waals surface area contributed by atoms with Crippen LogP contribution in [0.15, 0.2) is 30.6 Å². The van der Waals surface area contributed by atoms with E-state index in [1.807, 2.05) is 13.8 Å². The van der Waals surface area contributed by atoms with Crippen LogP contribution in [0.2, 0.25) is 5.02 Å². The van der Waals surface area contributed by atoms with Crippen LogP contribution < -0.4 is 5.32 Å². The third kappa shape index (κ3) is 4.12. The molecule has 0 aliphatic heterocycles. The van der Waals surface area contributed by atoms with Gasteiger partial charge in [-0.05, 0) is 32.3 Å². The minimum Gasteiger partial charge on any atom is -0.462 e. The highest BCUT2D eigenvalue weighted by Gasteiger charge is 2.41. The van der Waals surface area contributed by atoms with Gasteiger partial charge in [-0.3, -0.25) is 0 Å². The van der Waals surface area contributed by atoms with Gasteiger partial charge in [0.15, 0.2) is 0 Å². The monoisotopic (exact) mass is 379 g/mol. The number of nitrogens with one attached hydrogen (secondary N) is 1. The molecule has 1 N–H and O–H groups in total. The van der Waals surface area contributed by atoms with E-state index in [-0.39, 0.29) is 17.2 Å². The number of nitrogens with zero attached hydrogens (tertiary/aromatic N) is 2. The summed E-state index contributed by atoms with van der Waals surface area (Å²) < 4.78 is 19.3. The summed E-state index contributed by atoms with van der Waals surface area (Å²) >= 11 is 5.90. The second-order valence-corrected chi connectivity index (χ2v) is 6.09. The molecule has 1 aromatic carbocycles. The first-order valence-electron chi connectivity index (χ1n) is 8.77. The first kappa shape index (κ1) is 20.1. The first-order chi connectivity index (χ1) is 12.6. The van der Waals surface area contributed by atoms with Gasteiger partial charge in [-0.2, -0.15) is 0 Å². The van der Waals surface area contributed by atoms with Crippen molar-refractivity contribution in [3.05, 3.63) is 52.6 Å². The Kier molecular flexibility index (Phi) is 6.91. The fourth-order valence-electron chi connectivity index (χ4n) is 2.79. The van der Waals surface area contributed by atoms with Gasteiger partial charge in [-0.1, -0.05) is 37.6 Å². The minimum atomic E-state index is -0.569. The summed E-state index contributed by atoms with van der Waals surface area (Å²) in [5.74, 6) is -0.556. The Morgan fingerprint density at radius 3 is 2.50 bits per heavy atom. The van der Waals surface area contributed by atoms with Gasteiger partial charge >= 0.3 is 5.97 Å². The third-order valence-electron chi connectivity index (χ3n) is 4.19. The van der Waals surface area contributed by atoms with Crippen molar-refractivity contribution >= 4 is 23.5 Å². The molecule has 0 amide bonds. The number of ether oxygens (including phenoxy) is 1. The van der Waals surface area contributed by atoms with Crippen LogP contribution in [-0.4, -0.2) is 22.5 Å². The highest BCUT2D eigenvalue weighted by atomic mass is 35.5. The lowest BCUT2D eigenvalue weighted by molar-refractivity contribution is 0.0525. The molecular weight excluding hydrogens is 357 g/mol. The topological polar surface area (TPSA) is 64.1 Å². The summed E-state index contributed by atoms with van der Waals surface area (Å²) in [5.41, 5.74) is 0.221. The van der Waals surface area contributed by atoms with E-state index in [1.54, 1.807) is 19.1 Å². The summed E-state index contributed by atoms with van der Waals surface area (Å²) in [4.78, 5) is 19.9. The molecule has 1 aromatic heterocycles. The van der Waals surface area contributed by atoms with E-state index in [1.165, 1.54) is 18.5 Å². The summed E-state index contributed by atoms with van der Waals surface area (Å²) in [6.07, 6.45) is 5.28. The molecule has 0 unspecified atom stereocenters. The van der Waals surface area contributed by atoms with Gasteiger partial charge in [-0.25, -0.2) is 19.2 Å². The highest BCUT2D eigenvalue weighted by molar-refractivity contribution is 6.30. The zero-order valence-corrected chi connectivity index (χ0v) is 15.9. The maximum absolute atomic E-state index is 14.4. The van der Waals surface area contributed by atoms with E-state index >= 15 is 0 Å². The van der Waals surface area contributed by atoms with Crippen LogP contribution >= 0.6 is 11.6 Å². The standard InChI is InChI=1S/C17H17ClFN3O2.C2H6/c1-2-24-15(23)11-9-20-16(21-10-11)22-17(7-4-8-17)12-5-3-6-13(18)14(12)19;1-2/h3,5-6,9-10H,2,4,7-8H2,1H3,(H,20,21,22);1-2H3. The van der Waals surface area contributed by atoms with E-state index in [0.29, 0.717) is 11.5 Å². The van der Waals surface area contributed by atoms with Crippen LogP contribution in [0.5, 0.6) is 0 Å². The molecule has 1 heterocycles. The summed E-state index contributed by atoms with van der Waals surface area (Å²) in [6, 6.07) is 4.98. The van der Waals surface area contributed by atoms with E-state index < -0.39 is 17.3 Å². The molecular formula is C19H23ClFN3O2. The molecule has 0 spiro atoms. The van der Waals surface area contributed by atoms with Crippen LogP contribution in [0.1, 0.15) is 56.0 Å². The van der Waals surface area contributed by atoms with E-state index in [0.717, 1.165) is 19.3 Å². The van der Waals surface area contributed by atoms with E-state index in [4.69, 9.17) is 16.3 Å². The molecule has 1 saturated carbocycles. The molecule has 0 bridgehead atoms. The Hall–Kier alpha value is -2.21. The second-order valence-electron chi connectivity index (χ2n) is 5.68. The quantitative estimate of drug-likeness (QED) is 0.743. The van der Waals surface area contributed by atoms with Crippen molar-refractivity contribution in [2.45, 2.75) is 45.6 Å². The Morgan fingerprint density at radius 2 is 1.96 bits per heavy atom. The Morgan fingerprint density at radius 1 is 1.31 bits per heavy atom. The minimum absolute atomic E-state index is 0.0964. The van der Waals surface area contributed by atoms with Gasteiger partial charge in [0.1, 0.15) is 5.82 Å². The average molecular weight is 380 g/mol. The fraction of sp³-hybridized carbons (Fsp3) is 0.421. The van der Waals surface area contributed by atoms with Gasteiger partial charge in [0.05, 0.1) is 22.7 Å². The Labute approximate surface area is 158 Å². The zero-order chi connectivity index (χ0) is 19.2. The molecule has 2 aromatic rings. The second kappa shape index (κ2) is 8.94. The van der Waals surface area contributed by atoms with Crippen molar-refractivity contribution in [1.29, 1.82) is 0 Å². The number of anilines is 1. The molecule has 0 saturated heterocycles. The van der Waals surface area contributed by atoms with Gasteiger partial charge < -0.3 is 10.1 Å². The number of halogens is 2. The summed E-state index contributed by atoms with van der Waals surface area (Å²) in [5, 5.41) is 3.30. The fourth-order valence-corrected chi connectivity index (χ4v) is 2.97. The van der Waals surface area contributed by atoms with Crippen LogP contribution in [-0.2, 0) is 10.3 Å². The van der Waals surface area contributed by atoms with E-state index in [2.05, 4.69) is 15.3 Å². The lowest BCUT2D eigenvalue weighted by Gasteiger charge is -2.43. The predicted octanol–water partition coefficient (Wildman–Crippen LogP) is 4.96. The van der Waals surface area contributed by atoms with Crippen molar-refractivity contribution < 1.29 is 13.9 Å². The summed E-state index contributed by atoms with van der Waals surface area (Å²) in [6.45, 7) is 6.02. The van der Waals surface area contributed by atoms with Gasteiger partial charge in [0, 0.05) is 18.0 Å². The van der Waals surface area contributed by atoms with Crippen molar-refractivity contribution in [1.82, 2.24) is 9.97 Å². The van der Waals surface area contributed by atoms with Crippen molar-refractivity contribution in [3.8, 4) is 0 Å².